The van der Waals surface area contributed by atoms with Gasteiger partial charge in [-0.25, -0.2) is 0 Å². The molecule has 1 unspecified atom stereocenters. The SMILES string of the molecule is CCNC(Cc1cccc(Cl)c1)CC1OCCO1. The fourth-order valence-corrected chi connectivity index (χ4v) is 2.46. The lowest BCUT2D eigenvalue weighted by molar-refractivity contribution is -0.0525. The molecule has 0 amide bonds. The lowest BCUT2D eigenvalue weighted by Crippen LogP contribution is -2.34. The van der Waals surface area contributed by atoms with Crippen LogP contribution in [0.4, 0.5) is 0 Å². The van der Waals surface area contributed by atoms with Gasteiger partial charge < -0.3 is 14.8 Å². The van der Waals surface area contributed by atoms with E-state index in [2.05, 4.69) is 18.3 Å². The Morgan fingerprint density at radius 1 is 1.39 bits per heavy atom. The Kier molecular flexibility index (Phi) is 5.45. The molecule has 1 aromatic rings. The van der Waals surface area contributed by atoms with Crippen LogP contribution in [0, 0.1) is 0 Å². The predicted octanol–water partition coefficient (Wildman–Crippen LogP) is 2.62. The van der Waals surface area contributed by atoms with Crippen LogP contribution in [0.5, 0.6) is 0 Å². The molecule has 0 spiro atoms. The molecule has 1 aliphatic heterocycles. The van der Waals surface area contributed by atoms with Gasteiger partial charge in [0, 0.05) is 17.5 Å². The van der Waals surface area contributed by atoms with E-state index in [9.17, 15) is 0 Å². The van der Waals surface area contributed by atoms with E-state index in [-0.39, 0.29) is 6.29 Å². The van der Waals surface area contributed by atoms with Crippen molar-refractivity contribution in [3.8, 4) is 0 Å². The maximum Gasteiger partial charge on any atom is 0.159 e. The first kappa shape index (κ1) is 13.8. The minimum Gasteiger partial charge on any atom is -0.350 e. The van der Waals surface area contributed by atoms with Gasteiger partial charge in [-0.2, -0.15) is 0 Å². The zero-order valence-corrected chi connectivity index (χ0v) is 11.5. The van der Waals surface area contributed by atoms with Crippen molar-refractivity contribution in [3.63, 3.8) is 0 Å². The molecule has 0 radical (unpaired) electrons. The van der Waals surface area contributed by atoms with Crippen LogP contribution in [0.2, 0.25) is 5.02 Å². The summed E-state index contributed by atoms with van der Waals surface area (Å²) in [6.07, 6.45) is 1.76. The van der Waals surface area contributed by atoms with Crippen LogP contribution in [0.3, 0.4) is 0 Å². The fourth-order valence-electron chi connectivity index (χ4n) is 2.25. The molecular weight excluding hydrogens is 250 g/mol. The number of ether oxygens (including phenoxy) is 2. The van der Waals surface area contributed by atoms with Gasteiger partial charge in [0.2, 0.25) is 0 Å². The zero-order valence-electron chi connectivity index (χ0n) is 10.7. The number of benzene rings is 1. The molecule has 4 heteroatoms. The van der Waals surface area contributed by atoms with Crippen LogP contribution >= 0.6 is 11.6 Å². The molecule has 0 aromatic heterocycles. The van der Waals surface area contributed by atoms with Crippen molar-refractivity contribution in [2.75, 3.05) is 19.8 Å². The summed E-state index contributed by atoms with van der Waals surface area (Å²) in [4.78, 5) is 0. The van der Waals surface area contributed by atoms with E-state index in [0.717, 1.165) is 24.4 Å². The highest BCUT2D eigenvalue weighted by Crippen LogP contribution is 2.16. The average Bonchev–Trinajstić information content (AvgIpc) is 2.82. The highest BCUT2D eigenvalue weighted by atomic mass is 35.5. The Morgan fingerprint density at radius 2 is 2.17 bits per heavy atom. The number of nitrogens with one attached hydrogen (secondary N) is 1. The van der Waals surface area contributed by atoms with Gasteiger partial charge in [-0.3, -0.25) is 0 Å². The summed E-state index contributed by atoms with van der Waals surface area (Å²) in [5, 5.41) is 4.26. The van der Waals surface area contributed by atoms with E-state index in [1.54, 1.807) is 0 Å². The molecule has 1 N–H and O–H groups in total. The molecular formula is C14H20ClNO2. The van der Waals surface area contributed by atoms with Crippen molar-refractivity contribution >= 4 is 11.6 Å². The van der Waals surface area contributed by atoms with Gasteiger partial charge in [-0.05, 0) is 30.7 Å². The van der Waals surface area contributed by atoms with Crippen molar-refractivity contribution in [2.24, 2.45) is 0 Å². The Hall–Kier alpha value is -0.610. The summed E-state index contributed by atoms with van der Waals surface area (Å²) in [6, 6.07) is 8.37. The van der Waals surface area contributed by atoms with Gasteiger partial charge >= 0.3 is 0 Å². The third kappa shape index (κ3) is 4.25. The smallest absolute Gasteiger partial charge is 0.159 e. The monoisotopic (exact) mass is 269 g/mol. The first-order valence-corrected chi connectivity index (χ1v) is 6.86. The number of rotatable bonds is 6. The maximum atomic E-state index is 6.01. The quantitative estimate of drug-likeness (QED) is 0.861. The standard InChI is InChI=1S/C14H20ClNO2/c1-2-16-13(10-14-17-6-7-18-14)9-11-4-3-5-12(15)8-11/h3-5,8,13-14,16H,2,6-7,9-10H2,1H3. The predicted molar refractivity (Wildman–Crippen MR) is 72.9 cm³/mol. The lowest BCUT2D eigenvalue weighted by atomic mass is 10.0. The Labute approximate surface area is 113 Å². The van der Waals surface area contributed by atoms with E-state index >= 15 is 0 Å². The highest BCUT2D eigenvalue weighted by molar-refractivity contribution is 6.30. The van der Waals surface area contributed by atoms with Crippen LogP contribution in [0.25, 0.3) is 0 Å². The van der Waals surface area contributed by atoms with Crippen molar-refractivity contribution in [1.29, 1.82) is 0 Å². The molecule has 1 heterocycles. The summed E-state index contributed by atoms with van der Waals surface area (Å²) in [7, 11) is 0. The second-order valence-electron chi connectivity index (χ2n) is 4.50. The Balaban J connectivity index is 1.92. The van der Waals surface area contributed by atoms with Crippen molar-refractivity contribution in [2.45, 2.75) is 32.1 Å². The normalized spacial score (nSPS) is 18.1. The summed E-state index contributed by atoms with van der Waals surface area (Å²) in [6.45, 7) is 4.47. The number of hydrogen-bond donors (Lipinski definition) is 1. The van der Waals surface area contributed by atoms with E-state index in [0.29, 0.717) is 19.3 Å². The summed E-state index contributed by atoms with van der Waals surface area (Å²) < 4.78 is 11.0. The summed E-state index contributed by atoms with van der Waals surface area (Å²) in [5.41, 5.74) is 1.24. The molecule has 2 rings (SSSR count). The third-order valence-electron chi connectivity index (χ3n) is 3.03. The topological polar surface area (TPSA) is 30.5 Å². The third-order valence-corrected chi connectivity index (χ3v) is 3.27. The van der Waals surface area contributed by atoms with Crippen LogP contribution in [0.1, 0.15) is 18.9 Å². The Bertz CT molecular complexity index is 367. The molecule has 1 fully saturated rings. The van der Waals surface area contributed by atoms with Gasteiger partial charge in [0.1, 0.15) is 0 Å². The van der Waals surface area contributed by atoms with Gasteiger partial charge in [-0.1, -0.05) is 30.7 Å². The van der Waals surface area contributed by atoms with Gasteiger partial charge in [0.15, 0.2) is 6.29 Å². The van der Waals surface area contributed by atoms with E-state index in [4.69, 9.17) is 21.1 Å². The fraction of sp³-hybridized carbons (Fsp3) is 0.571. The van der Waals surface area contributed by atoms with Gasteiger partial charge in [-0.15, -0.1) is 0 Å². The minimum absolute atomic E-state index is 0.0618. The number of hydrogen-bond acceptors (Lipinski definition) is 3. The van der Waals surface area contributed by atoms with Crippen molar-refractivity contribution in [1.82, 2.24) is 5.32 Å². The van der Waals surface area contributed by atoms with E-state index < -0.39 is 0 Å². The first-order valence-electron chi connectivity index (χ1n) is 6.49. The summed E-state index contributed by atoms with van der Waals surface area (Å²) >= 11 is 6.01. The minimum atomic E-state index is -0.0618. The van der Waals surface area contributed by atoms with Crippen molar-refractivity contribution < 1.29 is 9.47 Å². The van der Waals surface area contributed by atoms with Crippen LogP contribution in [-0.4, -0.2) is 32.1 Å². The average molecular weight is 270 g/mol. The summed E-state index contributed by atoms with van der Waals surface area (Å²) in [5.74, 6) is 0. The lowest BCUT2D eigenvalue weighted by Gasteiger charge is -2.20. The second kappa shape index (κ2) is 7.10. The maximum absolute atomic E-state index is 6.01. The highest BCUT2D eigenvalue weighted by Gasteiger charge is 2.21. The zero-order chi connectivity index (χ0) is 12.8. The molecule has 1 aliphatic rings. The largest absolute Gasteiger partial charge is 0.350 e. The van der Waals surface area contributed by atoms with Crippen LogP contribution in [0.15, 0.2) is 24.3 Å². The molecule has 0 saturated carbocycles. The number of halogens is 1. The number of likely N-dealkylation sites (N-methyl/N-ethyl adjacent to an activating group) is 1. The first-order chi connectivity index (χ1) is 8.78. The van der Waals surface area contributed by atoms with E-state index in [1.807, 2.05) is 18.2 Å². The van der Waals surface area contributed by atoms with Crippen LogP contribution < -0.4 is 5.32 Å². The molecule has 3 nitrogen and oxygen atoms in total. The van der Waals surface area contributed by atoms with E-state index in [1.165, 1.54) is 5.56 Å². The van der Waals surface area contributed by atoms with Gasteiger partial charge in [0.25, 0.3) is 0 Å². The van der Waals surface area contributed by atoms with Crippen molar-refractivity contribution in [3.05, 3.63) is 34.9 Å². The molecule has 1 aromatic carbocycles. The van der Waals surface area contributed by atoms with Gasteiger partial charge in [0.05, 0.1) is 13.2 Å². The molecule has 1 saturated heterocycles. The Morgan fingerprint density at radius 3 is 2.83 bits per heavy atom. The van der Waals surface area contributed by atoms with Crippen LogP contribution in [-0.2, 0) is 15.9 Å². The molecule has 0 aliphatic carbocycles. The second-order valence-corrected chi connectivity index (χ2v) is 4.93. The molecule has 18 heavy (non-hydrogen) atoms. The molecule has 100 valence electrons. The molecule has 0 bridgehead atoms. The molecule has 1 atom stereocenters.